The number of nitrogens with one attached hydrogen (secondary N) is 1. The fraction of sp³-hybridized carbons (Fsp3) is 0.474. The summed E-state index contributed by atoms with van der Waals surface area (Å²) in [6.45, 7) is 3.65. The molecule has 0 saturated carbocycles. The zero-order chi connectivity index (χ0) is 17.6. The number of amides is 1. The Balaban J connectivity index is 1.50. The van der Waals surface area contributed by atoms with Crippen molar-refractivity contribution in [2.24, 2.45) is 0 Å². The van der Waals surface area contributed by atoms with Crippen molar-refractivity contribution in [1.29, 1.82) is 0 Å². The Kier molecular flexibility index (Phi) is 5.81. The Hall–Kier alpha value is -2.21. The molecule has 0 radical (unpaired) electrons. The predicted molar refractivity (Wildman–Crippen MR) is 92.7 cm³/mol. The van der Waals surface area contributed by atoms with E-state index in [1.54, 1.807) is 18.3 Å². The SMILES string of the molecule is CCCc1[nH]ncc1C(=O)N1CCC(OCc2ccccc2F)CC1. The number of likely N-dealkylation sites (tertiary alicyclic amines) is 1. The number of ether oxygens (including phenoxy) is 1. The van der Waals surface area contributed by atoms with Crippen molar-refractivity contribution in [3.63, 3.8) is 0 Å². The number of hydrogen-bond acceptors (Lipinski definition) is 3. The molecule has 1 fully saturated rings. The van der Waals surface area contributed by atoms with Gasteiger partial charge < -0.3 is 9.64 Å². The third kappa shape index (κ3) is 4.25. The molecule has 0 aliphatic carbocycles. The number of aryl methyl sites for hydroxylation is 1. The minimum absolute atomic E-state index is 0.0322. The molecule has 0 atom stereocenters. The molecular formula is C19H24FN3O2. The lowest BCUT2D eigenvalue weighted by Gasteiger charge is -2.32. The molecule has 1 aliphatic rings. The lowest BCUT2D eigenvalue weighted by Crippen LogP contribution is -2.41. The highest BCUT2D eigenvalue weighted by molar-refractivity contribution is 5.95. The molecule has 1 N–H and O–H groups in total. The molecule has 134 valence electrons. The molecule has 6 heteroatoms. The van der Waals surface area contributed by atoms with Gasteiger partial charge in [-0.15, -0.1) is 0 Å². The number of halogens is 1. The van der Waals surface area contributed by atoms with Crippen LogP contribution in [0.25, 0.3) is 0 Å². The normalized spacial score (nSPS) is 15.5. The number of hydrogen-bond donors (Lipinski definition) is 1. The molecule has 0 bridgehead atoms. The van der Waals surface area contributed by atoms with E-state index in [4.69, 9.17) is 4.74 Å². The van der Waals surface area contributed by atoms with E-state index < -0.39 is 0 Å². The van der Waals surface area contributed by atoms with Crippen molar-refractivity contribution < 1.29 is 13.9 Å². The fourth-order valence-electron chi connectivity index (χ4n) is 3.16. The van der Waals surface area contributed by atoms with E-state index in [9.17, 15) is 9.18 Å². The largest absolute Gasteiger partial charge is 0.373 e. The van der Waals surface area contributed by atoms with Crippen LogP contribution in [0.2, 0.25) is 0 Å². The smallest absolute Gasteiger partial charge is 0.257 e. The molecule has 25 heavy (non-hydrogen) atoms. The molecule has 2 aromatic rings. The van der Waals surface area contributed by atoms with E-state index >= 15 is 0 Å². The second-order valence-corrected chi connectivity index (χ2v) is 6.41. The summed E-state index contributed by atoms with van der Waals surface area (Å²) in [4.78, 5) is 14.5. The number of carbonyl (C=O) groups is 1. The highest BCUT2D eigenvalue weighted by atomic mass is 19.1. The van der Waals surface area contributed by atoms with Crippen LogP contribution in [0.5, 0.6) is 0 Å². The number of rotatable bonds is 6. The highest BCUT2D eigenvalue weighted by Crippen LogP contribution is 2.19. The molecule has 0 spiro atoms. The molecular weight excluding hydrogens is 321 g/mol. The zero-order valence-corrected chi connectivity index (χ0v) is 14.5. The molecule has 1 aromatic heterocycles. The van der Waals surface area contributed by atoms with E-state index in [1.165, 1.54) is 6.07 Å². The van der Waals surface area contributed by atoms with Crippen LogP contribution in [-0.2, 0) is 17.8 Å². The number of piperidine rings is 1. The van der Waals surface area contributed by atoms with E-state index in [1.807, 2.05) is 11.0 Å². The van der Waals surface area contributed by atoms with Crippen LogP contribution in [0.4, 0.5) is 4.39 Å². The maximum atomic E-state index is 13.6. The molecule has 1 aromatic carbocycles. The van der Waals surface area contributed by atoms with Crippen molar-refractivity contribution in [2.75, 3.05) is 13.1 Å². The first kappa shape index (κ1) is 17.6. The van der Waals surface area contributed by atoms with E-state index in [2.05, 4.69) is 17.1 Å². The van der Waals surface area contributed by atoms with Crippen LogP contribution >= 0.6 is 0 Å². The maximum absolute atomic E-state index is 13.6. The van der Waals surface area contributed by atoms with Gasteiger partial charge in [-0.1, -0.05) is 31.5 Å². The quantitative estimate of drug-likeness (QED) is 0.874. The van der Waals surface area contributed by atoms with Gasteiger partial charge in [-0.05, 0) is 25.3 Å². The van der Waals surface area contributed by atoms with Gasteiger partial charge in [0, 0.05) is 24.3 Å². The first-order valence-corrected chi connectivity index (χ1v) is 8.85. The number of aromatic nitrogens is 2. The summed E-state index contributed by atoms with van der Waals surface area (Å²) in [7, 11) is 0. The standard InChI is InChI=1S/C19H24FN3O2/c1-2-5-18-16(12-21-22-18)19(24)23-10-8-15(9-11-23)25-13-14-6-3-4-7-17(14)20/h3-4,6-7,12,15H,2,5,8-11,13H2,1H3,(H,21,22). The molecule has 1 aliphatic heterocycles. The summed E-state index contributed by atoms with van der Waals surface area (Å²) in [6.07, 6.45) is 5.00. The zero-order valence-electron chi connectivity index (χ0n) is 14.5. The maximum Gasteiger partial charge on any atom is 0.257 e. The summed E-state index contributed by atoms with van der Waals surface area (Å²) in [6, 6.07) is 6.66. The minimum Gasteiger partial charge on any atom is -0.373 e. The number of benzene rings is 1. The average Bonchev–Trinajstić information content (AvgIpc) is 3.09. The minimum atomic E-state index is -0.237. The average molecular weight is 345 g/mol. The van der Waals surface area contributed by atoms with Crippen LogP contribution in [0.15, 0.2) is 30.5 Å². The Bertz CT molecular complexity index is 708. The Morgan fingerprint density at radius 2 is 2.12 bits per heavy atom. The van der Waals surface area contributed by atoms with Gasteiger partial charge in [-0.25, -0.2) is 4.39 Å². The second-order valence-electron chi connectivity index (χ2n) is 6.41. The number of nitrogens with zero attached hydrogens (tertiary/aromatic N) is 2. The Morgan fingerprint density at radius 1 is 1.36 bits per heavy atom. The van der Waals surface area contributed by atoms with Gasteiger partial charge in [0.1, 0.15) is 5.82 Å². The van der Waals surface area contributed by atoms with Crippen LogP contribution in [0, 0.1) is 5.82 Å². The van der Waals surface area contributed by atoms with E-state index in [-0.39, 0.29) is 24.4 Å². The molecule has 1 amide bonds. The Labute approximate surface area is 147 Å². The third-order valence-electron chi connectivity index (χ3n) is 4.61. The summed E-state index contributed by atoms with van der Waals surface area (Å²) in [5.41, 5.74) is 2.15. The van der Waals surface area contributed by atoms with Gasteiger partial charge in [0.05, 0.1) is 24.5 Å². The number of H-pyrrole nitrogens is 1. The van der Waals surface area contributed by atoms with Crippen molar-refractivity contribution in [1.82, 2.24) is 15.1 Å². The van der Waals surface area contributed by atoms with Crippen molar-refractivity contribution in [3.8, 4) is 0 Å². The lowest BCUT2D eigenvalue weighted by molar-refractivity contribution is -0.00133. The van der Waals surface area contributed by atoms with Gasteiger partial charge in [0.2, 0.25) is 0 Å². The topological polar surface area (TPSA) is 58.2 Å². The Morgan fingerprint density at radius 3 is 2.84 bits per heavy atom. The summed E-state index contributed by atoms with van der Waals surface area (Å²) >= 11 is 0. The van der Waals surface area contributed by atoms with E-state index in [0.717, 1.165) is 31.4 Å². The lowest BCUT2D eigenvalue weighted by atomic mass is 10.1. The third-order valence-corrected chi connectivity index (χ3v) is 4.61. The highest BCUT2D eigenvalue weighted by Gasteiger charge is 2.26. The molecule has 0 unspecified atom stereocenters. The summed E-state index contributed by atoms with van der Waals surface area (Å²) in [5, 5.41) is 6.93. The van der Waals surface area contributed by atoms with Gasteiger partial charge in [0.25, 0.3) is 5.91 Å². The summed E-state index contributed by atoms with van der Waals surface area (Å²) < 4.78 is 19.5. The first-order chi connectivity index (χ1) is 12.2. The monoisotopic (exact) mass is 345 g/mol. The van der Waals surface area contributed by atoms with Gasteiger partial charge in [0.15, 0.2) is 0 Å². The van der Waals surface area contributed by atoms with Gasteiger partial charge >= 0.3 is 0 Å². The number of carbonyl (C=O) groups excluding carboxylic acids is 1. The predicted octanol–water partition coefficient (Wildman–Crippen LogP) is 3.32. The van der Waals surface area contributed by atoms with Crippen molar-refractivity contribution in [2.45, 2.75) is 45.3 Å². The molecule has 1 saturated heterocycles. The fourth-order valence-corrected chi connectivity index (χ4v) is 3.16. The van der Waals surface area contributed by atoms with E-state index in [0.29, 0.717) is 24.2 Å². The van der Waals surface area contributed by atoms with Crippen molar-refractivity contribution in [3.05, 3.63) is 53.1 Å². The van der Waals surface area contributed by atoms with Crippen LogP contribution < -0.4 is 0 Å². The van der Waals surface area contributed by atoms with Crippen LogP contribution in [0.1, 0.15) is 47.8 Å². The molecule has 3 rings (SSSR count). The van der Waals surface area contributed by atoms with Crippen LogP contribution in [-0.4, -0.2) is 40.2 Å². The molecule has 5 nitrogen and oxygen atoms in total. The number of aromatic amines is 1. The van der Waals surface area contributed by atoms with Crippen molar-refractivity contribution >= 4 is 5.91 Å². The summed E-state index contributed by atoms with van der Waals surface area (Å²) in [5.74, 6) is -0.205. The first-order valence-electron chi connectivity index (χ1n) is 8.85. The van der Waals surface area contributed by atoms with Gasteiger partial charge in [-0.2, -0.15) is 5.10 Å². The van der Waals surface area contributed by atoms with Gasteiger partial charge in [-0.3, -0.25) is 9.89 Å². The molecule has 2 heterocycles. The second kappa shape index (κ2) is 8.25. The van der Waals surface area contributed by atoms with Crippen LogP contribution in [0.3, 0.4) is 0 Å².